The summed E-state index contributed by atoms with van der Waals surface area (Å²) in [7, 11) is 2.65. The Balaban J connectivity index is 1.92. The summed E-state index contributed by atoms with van der Waals surface area (Å²) in [5.41, 5.74) is 3.18. The molecular weight excluding hydrogens is 413 g/mol. The molecule has 1 unspecified atom stereocenters. The van der Waals surface area contributed by atoms with E-state index in [4.69, 9.17) is 4.99 Å². The van der Waals surface area contributed by atoms with E-state index >= 15 is 0 Å². The lowest BCUT2D eigenvalue weighted by Gasteiger charge is -2.14. The molecule has 7 heteroatoms. The molecule has 1 amide bonds. The van der Waals surface area contributed by atoms with Gasteiger partial charge in [-0.15, -0.1) is 9.24 Å². The van der Waals surface area contributed by atoms with Gasteiger partial charge in [0.15, 0.2) is 5.78 Å². The molecule has 0 bridgehead atoms. The number of benzene rings is 1. The fraction of sp³-hybridized carbons (Fsp3) is 0.304. The number of aryl methyl sites for hydroxylation is 1. The summed E-state index contributed by atoms with van der Waals surface area (Å²) in [6, 6.07) is 9.26. The van der Waals surface area contributed by atoms with Gasteiger partial charge in [0.05, 0.1) is 15.8 Å². The van der Waals surface area contributed by atoms with E-state index in [0.29, 0.717) is 29.0 Å². The van der Waals surface area contributed by atoms with Crippen LogP contribution in [0.5, 0.6) is 0 Å². The fourth-order valence-electron chi connectivity index (χ4n) is 3.10. The number of aliphatic imine (C=N–C) groups is 1. The molecule has 3 rings (SSSR count). The minimum absolute atomic E-state index is 0.0982. The van der Waals surface area contributed by atoms with Crippen LogP contribution >= 0.6 is 21.0 Å². The SMILES string of the molecule is CCCC(=O)C1=C(NC(=O)c2ccc(C)c(P)c2)SC(=Nc2ccncc2)CCC1. The molecule has 156 valence electrons. The van der Waals surface area contributed by atoms with E-state index in [1.54, 1.807) is 18.5 Å². The molecule has 0 fully saturated rings. The van der Waals surface area contributed by atoms with Crippen molar-refractivity contribution < 1.29 is 9.59 Å². The summed E-state index contributed by atoms with van der Waals surface area (Å²) in [6.45, 7) is 3.99. The smallest absolute Gasteiger partial charge is 0.256 e. The molecule has 0 saturated heterocycles. The van der Waals surface area contributed by atoms with Crippen LogP contribution in [-0.2, 0) is 4.79 Å². The Morgan fingerprint density at radius 3 is 2.67 bits per heavy atom. The second kappa shape index (κ2) is 10.6. The molecule has 0 radical (unpaired) electrons. The van der Waals surface area contributed by atoms with E-state index in [9.17, 15) is 9.59 Å². The number of nitrogens with one attached hydrogen (secondary N) is 1. The lowest BCUT2D eigenvalue weighted by molar-refractivity contribution is -0.115. The molecule has 2 heterocycles. The first-order valence-electron chi connectivity index (χ1n) is 10.1. The molecule has 0 saturated carbocycles. The normalized spacial score (nSPS) is 15.8. The first-order valence-corrected chi connectivity index (χ1v) is 11.5. The number of carbonyl (C=O) groups is 2. The summed E-state index contributed by atoms with van der Waals surface area (Å²) < 4.78 is 0. The van der Waals surface area contributed by atoms with Gasteiger partial charge < -0.3 is 5.32 Å². The molecule has 1 N–H and O–H groups in total. The zero-order chi connectivity index (χ0) is 21.5. The highest BCUT2D eigenvalue weighted by Crippen LogP contribution is 2.32. The number of carbonyl (C=O) groups excluding carboxylic acids is 2. The van der Waals surface area contributed by atoms with Gasteiger partial charge in [0.25, 0.3) is 5.91 Å². The highest BCUT2D eigenvalue weighted by molar-refractivity contribution is 8.17. The molecule has 1 aromatic heterocycles. The van der Waals surface area contributed by atoms with Gasteiger partial charge in [-0.25, -0.2) is 4.99 Å². The predicted octanol–water partition coefficient (Wildman–Crippen LogP) is 4.85. The van der Waals surface area contributed by atoms with Crippen LogP contribution in [0.15, 0.2) is 58.3 Å². The quantitative estimate of drug-likeness (QED) is 0.654. The number of allylic oxidation sites excluding steroid dienone is 1. The number of nitrogens with zero attached hydrogens (tertiary/aromatic N) is 2. The van der Waals surface area contributed by atoms with E-state index in [1.165, 1.54) is 11.8 Å². The molecule has 1 aliphatic heterocycles. The third-order valence-electron chi connectivity index (χ3n) is 4.81. The summed E-state index contributed by atoms with van der Waals surface area (Å²) >= 11 is 1.39. The van der Waals surface area contributed by atoms with Crippen LogP contribution in [0.3, 0.4) is 0 Å². The Hall–Kier alpha value is -2.30. The second-order valence-corrected chi connectivity index (χ2v) is 8.88. The van der Waals surface area contributed by atoms with Crippen molar-refractivity contribution in [1.29, 1.82) is 0 Å². The minimum atomic E-state index is -0.215. The average molecular weight is 440 g/mol. The highest BCUT2D eigenvalue weighted by atomic mass is 32.2. The Morgan fingerprint density at radius 1 is 1.20 bits per heavy atom. The molecule has 0 aliphatic carbocycles. The molecule has 2 aromatic rings. The predicted molar refractivity (Wildman–Crippen MR) is 128 cm³/mol. The van der Waals surface area contributed by atoms with Crippen molar-refractivity contribution in [2.24, 2.45) is 4.99 Å². The molecule has 30 heavy (non-hydrogen) atoms. The van der Waals surface area contributed by atoms with Crippen molar-refractivity contribution in [3.8, 4) is 0 Å². The molecule has 1 aromatic carbocycles. The first-order chi connectivity index (χ1) is 14.5. The van der Waals surface area contributed by atoms with Gasteiger partial charge in [0, 0.05) is 30.0 Å². The van der Waals surface area contributed by atoms with Gasteiger partial charge in [-0.05, 0) is 67.7 Å². The third-order valence-corrected chi connectivity index (χ3v) is 6.52. The maximum atomic E-state index is 13.0. The number of Topliss-reactive ketones (excluding diaryl/α,β-unsaturated/α-hetero) is 1. The monoisotopic (exact) mass is 439 g/mol. The lowest BCUT2D eigenvalue weighted by Crippen LogP contribution is -2.25. The first kappa shape index (κ1) is 22.4. The number of aromatic nitrogens is 1. The molecule has 0 spiro atoms. The standard InChI is InChI=1S/C23H26N3O2PS/c1-3-5-19(27)18-6-4-7-21(25-17-10-12-24-13-11-17)30-23(18)26-22(28)16-9-8-15(2)20(29)14-16/h8-14H,3-7,29H2,1-2H3,(H,26,28). The third kappa shape index (κ3) is 5.87. The summed E-state index contributed by atoms with van der Waals surface area (Å²) in [5.74, 6) is -0.116. The van der Waals surface area contributed by atoms with Crippen LogP contribution in [0, 0.1) is 6.92 Å². The number of amides is 1. The summed E-state index contributed by atoms with van der Waals surface area (Å²) in [4.78, 5) is 34.5. The summed E-state index contributed by atoms with van der Waals surface area (Å²) in [6.07, 6.45) is 6.88. The number of thioether (sulfide) groups is 1. The van der Waals surface area contributed by atoms with Crippen LogP contribution in [0.1, 0.15) is 54.9 Å². The second-order valence-electron chi connectivity index (χ2n) is 7.17. The Bertz CT molecular complexity index is 1000. The van der Waals surface area contributed by atoms with E-state index in [0.717, 1.165) is 40.9 Å². The van der Waals surface area contributed by atoms with Crippen LogP contribution in [0.25, 0.3) is 0 Å². The topological polar surface area (TPSA) is 71.4 Å². The lowest BCUT2D eigenvalue weighted by atomic mass is 10.0. The van der Waals surface area contributed by atoms with E-state index in [2.05, 4.69) is 19.5 Å². The maximum absolute atomic E-state index is 13.0. The molecule has 1 aliphatic rings. The number of hydrogen-bond donors (Lipinski definition) is 1. The van der Waals surface area contributed by atoms with Gasteiger partial charge in [0.1, 0.15) is 0 Å². The van der Waals surface area contributed by atoms with Crippen molar-refractivity contribution in [2.45, 2.75) is 46.0 Å². The maximum Gasteiger partial charge on any atom is 0.256 e. The van der Waals surface area contributed by atoms with Gasteiger partial charge in [-0.2, -0.15) is 0 Å². The van der Waals surface area contributed by atoms with Crippen molar-refractivity contribution in [2.75, 3.05) is 0 Å². The van der Waals surface area contributed by atoms with Crippen LogP contribution in [-0.4, -0.2) is 21.7 Å². The van der Waals surface area contributed by atoms with Gasteiger partial charge >= 0.3 is 0 Å². The Labute approximate surface area is 184 Å². The van der Waals surface area contributed by atoms with Crippen LogP contribution in [0.4, 0.5) is 5.69 Å². The van der Waals surface area contributed by atoms with Crippen molar-refractivity contribution in [3.05, 3.63) is 64.5 Å². The van der Waals surface area contributed by atoms with Crippen molar-refractivity contribution >= 4 is 48.7 Å². The molecule has 5 nitrogen and oxygen atoms in total. The summed E-state index contributed by atoms with van der Waals surface area (Å²) in [5, 5.41) is 5.47. The van der Waals surface area contributed by atoms with Crippen molar-refractivity contribution in [3.63, 3.8) is 0 Å². The minimum Gasteiger partial charge on any atom is -0.316 e. The number of rotatable bonds is 6. The van der Waals surface area contributed by atoms with Crippen LogP contribution in [0.2, 0.25) is 0 Å². The zero-order valence-corrected chi connectivity index (χ0v) is 19.2. The molecule has 1 atom stereocenters. The number of pyridine rings is 1. The van der Waals surface area contributed by atoms with Gasteiger partial charge in [-0.1, -0.05) is 24.8 Å². The van der Waals surface area contributed by atoms with Crippen molar-refractivity contribution in [1.82, 2.24) is 10.3 Å². The average Bonchev–Trinajstić information content (AvgIpc) is 2.93. The van der Waals surface area contributed by atoms with Gasteiger partial charge in [-0.3, -0.25) is 14.6 Å². The fourth-order valence-corrected chi connectivity index (χ4v) is 4.50. The zero-order valence-electron chi connectivity index (χ0n) is 17.3. The number of ketones is 1. The largest absolute Gasteiger partial charge is 0.316 e. The molecular formula is C23H26N3O2PS. The van der Waals surface area contributed by atoms with Crippen LogP contribution < -0.4 is 10.6 Å². The van der Waals surface area contributed by atoms with E-state index in [1.807, 2.05) is 38.1 Å². The Kier molecular flexibility index (Phi) is 7.94. The Morgan fingerprint density at radius 2 is 1.97 bits per heavy atom. The number of hydrogen-bond acceptors (Lipinski definition) is 5. The van der Waals surface area contributed by atoms with Gasteiger partial charge in [0.2, 0.25) is 0 Å². The highest BCUT2D eigenvalue weighted by Gasteiger charge is 2.23. The van der Waals surface area contributed by atoms with E-state index < -0.39 is 0 Å². The van der Waals surface area contributed by atoms with E-state index in [-0.39, 0.29) is 11.7 Å².